The molecular formula is C24H26ClN3O3. The van der Waals surface area contributed by atoms with E-state index in [9.17, 15) is 9.59 Å². The van der Waals surface area contributed by atoms with Gasteiger partial charge in [0.25, 0.3) is 0 Å². The molecule has 0 N–H and O–H groups in total. The van der Waals surface area contributed by atoms with E-state index in [1.165, 1.54) is 0 Å². The summed E-state index contributed by atoms with van der Waals surface area (Å²) in [6, 6.07) is 14.4. The van der Waals surface area contributed by atoms with E-state index in [-0.39, 0.29) is 12.5 Å². The summed E-state index contributed by atoms with van der Waals surface area (Å²) in [5.74, 6) is -0.954. The van der Waals surface area contributed by atoms with Crippen LogP contribution in [-0.2, 0) is 14.3 Å². The molecule has 2 aromatic carbocycles. The van der Waals surface area contributed by atoms with E-state index >= 15 is 0 Å². The van der Waals surface area contributed by atoms with Crippen LogP contribution in [0.5, 0.6) is 0 Å². The summed E-state index contributed by atoms with van der Waals surface area (Å²) in [7, 11) is 0. The standard InChI is InChI=1S/C24H26ClN3O3/c1-4-31-23(30)20-21(16-9-5-6-10-17(16)25)28-19-12-8-7-11-18(19)26-24(28)27(22(20)29)14-13-15(2)3/h5-12,15,20-21H,4,13-14H2,1-3H3/t20-,21+/m0/s1. The quantitative estimate of drug-likeness (QED) is 0.406. The van der Waals surface area contributed by atoms with Crippen LogP contribution in [-0.4, -0.2) is 34.6 Å². The molecule has 0 saturated carbocycles. The first kappa shape index (κ1) is 21.4. The Morgan fingerprint density at radius 1 is 1.16 bits per heavy atom. The van der Waals surface area contributed by atoms with Crippen molar-refractivity contribution in [3.05, 3.63) is 59.1 Å². The molecule has 0 saturated heterocycles. The lowest BCUT2D eigenvalue weighted by atomic mass is 9.89. The Hall–Kier alpha value is -2.86. The van der Waals surface area contributed by atoms with Gasteiger partial charge in [-0.1, -0.05) is 55.8 Å². The minimum absolute atomic E-state index is 0.196. The first-order valence-corrected chi connectivity index (χ1v) is 11.0. The largest absolute Gasteiger partial charge is 0.465 e. The summed E-state index contributed by atoms with van der Waals surface area (Å²) >= 11 is 6.57. The van der Waals surface area contributed by atoms with Crippen LogP contribution in [0, 0.1) is 11.8 Å². The number of hydrogen-bond donors (Lipinski definition) is 0. The Balaban J connectivity index is 1.98. The highest BCUT2D eigenvalue weighted by atomic mass is 35.5. The van der Waals surface area contributed by atoms with Crippen LogP contribution in [0.15, 0.2) is 48.5 Å². The van der Waals surface area contributed by atoms with Crippen molar-refractivity contribution in [2.24, 2.45) is 11.8 Å². The van der Waals surface area contributed by atoms with Gasteiger partial charge in [0.2, 0.25) is 11.9 Å². The van der Waals surface area contributed by atoms with Gasteiger partial charge in [-0.05, 0) is 43.0 Å². The van der Waals surface area contributed by atoms with Crippen LogP contribution in [0.3, 0.4) is 0 Å². The van der Waals surface area contributed by atoms with Gasteiger partial charge in [0.1, 0.15) is 0 Å². The summed E-state index contributed by atoms with van der Waals surface area (Å²) in [4.78, 5) is 33.2. The zero-order valence-electron chi connectivity index (χ0n) is 17.9. The Morgan fingerprint density at radius 2 is 1.87 bits per heavy atom. The molecular weight excluding hydrogens is 414 g/mol. The number of amides is 1. The predicted octanol–water partition coefficient (Wildman–Crippen LogP) is 4.85. The summed E-state index contributed by atoms with van der Waals surface area (Å²) < 4.78 is 7.33. The second-order valence-electron chi connectivity index (χ2n) is 8.14. The lowest BCUT2D eigenvalue weighted by Gasteiger charge is -2.38. The second-order valence-corrected chi connectivity index (χ2v) is 8.55. The molecule has 6 nitrogen and oxygen atoms in total. The average molecular weight is 440 g/mol. The number of rotatable bonds is 6. The zero-order valence-corrected chi connectivity index (χ0v) is 18.7. The number of aromatic nitrogens is 2. The lowest BCUT2D eigenvalue weighted by molar-refractivity contribution is -0.153. The van der Waals surface area contributed by atoms with E-state index in [2.05, 4.69) is 13.8 Å². The number of halogens is 1. The van der Waals surface area contributed by atoms with Gasteiger partial charge in [-0.3, -0.25) is 14.5 Å². The van der Waals surface area contributed by atoms with Gasteiger partial charge in [-0.2, -0.15) is 0 Å². The molecule has 3 aromatic rings. The van der Waals surface area contributed by atoms with Crippen molar-refractivity contribution in [2.75, 3.05) is 18.1 Å². The molecule has 0 radical (unpaired) electrons. The van der Waals surface area contributed by atoms with Gasteiger partial charge < -0.3 is 9.30 Å². The lowest BCUT2D eigenvalue weighted by Crippen LogP contribution is -2.50. The molecule has 2 atom stereocenters. The number of ether oxygens (including phenoxy) is 1. The van der Waals surface area contributed by atoms with E-state index in [4.69, 9.17) is 21.3 Å². The fourth-order valence-electron chi connectivity index (χ4n) is 4.14. The molecule has 162 valence electrons. The molecule has 0 unspecified atom stereocenters. The van der Waals surface area contributed by atoms with E-state index in [1.807, 2.05) is 47.0 Å². The number of anilines is 1. The number of carbonyl (C=O) groups is 2. The summed E-state index contributed by atoms with van der Waals surface area (Å²) in [5, 5.41) is 0.494. The topological polar surface area (TPSA) is 64.4 Å². The van der Waals surface area contributed by atoms with Gasteiger partial charge in [0, 0.05) is 11.6 Å². The van der Waals surface area contributed by atoms with Crippen molar-refractivity contribution < 1.29 is 14.3 Å². The highest BCUT2D eigenvalue weighted by molar-refractivity contribution is 6.31. The summed E-state index contributed by atoms with van der Waals surface area (Å²) in [5.41, 5.74) is 2.31. The fourth-order valence-corrected chi connectivity index (χ4v) is 4.39. The second kappa shape index (κ2) is 8.71. The Kier molecular flexibility index (Phi) is 6.01. The third-order valence-corrected chi connectivity index (χ3v) is 5.98. The molecule has 2 heterocycles. The third-order valence-electron chi connectivity index (χ3n) is 5.64. The van der Waals surface area contributed by atoms with Crippen molar-refractivity contribution in [1.82, 2.24) is 9.55 Å². The minimum Gasteiger partial charge on any atom is -0.465 e. The number of para-hydroxylation sites is 2. The molecule has 1 aliphatic heterocycles. The van der Waals surface area contributed by atoms with Crippen LogP contribution < -0.4 is 4.90 Å². The normalized spacial score (nSPS) is 18.5. The highest BCUT2D eigenvalue weighted by Crippen LogP contribution is 2.43. The van der Waals surface area contributed by atoms with Gasteiger partial charge >= 0.3 is 5.97 Å². The first-order valence-electron chi connectivity index (χ1n) is 10.6. The number of carbonyl (C=O) groups excluding carboxylic acids is 2. The van der Waals surface area contributed by atoms with Crippen LogP contribution in [0.25, 0.3) is 11.0 Å². The van der Waals surface area contributed by atoms with Crippen molar-refractivity contribution in [3.63, 3.8) is 0 Å². The molecule has 1 amide bonds. The van der Waals surface area contributed by atoms with E-state index in [1.54, 1.807) is 17.9 Å². The highest BCUT2D eigenvalue weighted by Gasteiger charge is 2.48. The monoisotopic (exact) mass is 439 g/mol. The van der Waals surface area contributed by atoms with E-state index in [0.29, 0.717) is 29.0 Å². The smallest absolute Gasteiger partial charge is 0.321 e. The van der Waals surface area contributed by atoms with Gasteiger partial charge in [0.05, 0.1) is 23.7 Å². The van der Waals surface area contributed by atoms with Crippen molar-refractivity contribution >= 4 is 40.5 Å². The van der Waals surface area contributed by atoms with E-state index < -0.39 is 17.9 Å². The van der Waals surface area contributed by atoms with Gasteiger partial charge in [-0.15, -0.1) is 0 Å². The molecule has 4 rings (SSSR count). The summed E-state index contributed by atoms with van der Waals surface area (Å²) in [6.07, 6.45) is 0.793. The molecule has 1 aromatic heterocycles. The molecule has 0 aliphatic carbocycles. The number of nitrogens with zero attached hydrogens (tertiary/aromatic N) is 3. The number of fused-ring (bicyclic) bond motifs is 3. The molecule has 0 bridgehead atoms. The van der Waals surface area contributed by atoms with Crippen LogP contribution >= 0.6 is 11.6 Å². The third kappa shape index (κ3) is 3.81. The van der Waals surface area contributed by atoms with Crippen LogP contribution in [0.4, 0.5) is 5.95 Å². The number of esters is 1. The Labute approximate surface area is 186 Å². The van der Waals surface area contributed by atoms with Crippen LogP contribution in [0.1, 0.15) is 38.8 Å². The zero-order chi connectivity index (χ0) is 22.1. The Bertz CT molecular complexity index is 1120. The molecule has 0 fully saturated rings. The average Bonchev–Trinajstić information content (AvgIpc) is 3.12. The van der Waals surface area contributed by atoms with Crippen LogP contribution in [0.2, 0.25) is 5.02 Å². The number of imidazole rings is 1. The number of hydrogen-bond acceptors (Lipinski definition) is 4. The predicted molar refractivity (Wildman–Crippen MR) is 121 cm³/mol. The fraction of sp³-hybridized carbons (Fsp3) is 0.375. The molecule has 0 spiro atoms. The minimum atomic E-state index is -1.04. The van der Waals surface area contributed by atoms with Gasteiger partial charge in [-0.25, -0.2) is 4.98 Å². The van der Waals surface area contributed by atoms with Crippen molar-refractivity contribution in [3.8, 4) is 0 Å². The number of benzene rings is 2. The maximum Gasteiger partial charge on any atom is 0.321 e. The van der Waals surface area contributed by atoms with E-state index in [0.717, 1.165) is 17.5 Å². The van der Waals surface area contributed by atoms with Crippen molar-refractivity contribution in [1.29, 1.82) is 0 Å². The van der Waals surface area contributed by atoms with Crippen molar-refractivity contribution in [2.45, 2.75) is 33.2 Å². The molecule has 31 heavy (non-hydrogen) atoms. The summed E-state index contributed by atoms with van der Waals surface area (Å²) in [6.45, 7) is 6.62. The van der Waals surface area contributed by atoms with Gasteiger partial charge in [0.15, 0.2) is 5.92 Å². The Morgan fingerprint density at radius 3 is 2.58 bits per heavy atom. The molecule has 7 heteroatoms. The maximum absolute atomic E-state index is 13.7. The SMILES string of the molecule is CCOC(=O)[C@@H]1C(=O)N(CCC(C)C)c2nc3ccccc3n2[C@@H]1c1ccccc1Cl. The maximum atomic E-state index is 13.7. The molecule has 1 aliphatic rings. The first-order chi connectivity index (χ1) is 14.9.